The third-order valence-electron chi connectivity index (χ3n) is 3.64. The smallest absolute Gasteiger partial charge is 0.322 e. The number of hydrogen-bond acceptors (Lipinski definition) is 2. The quantitative estimate of drug-likeness (QED) is 0.411. The van der Waals surface area contributed by atoms with Gasteiger partial charge in [0.25, 0.3) is 5.91 Å². The number of aromatic nitrogens is 2. The van der Waals surface area contributed by atoms with E-state index in [2.05, 4.69) is 18.3 Å². The van der Waals surface area contributed by atoms with E-state index in [0.29, 0.717) is 29.0 Å². The molecule has 0 fully saturated rings. The number of allylic oxidation sites excluding steroid dienone is 2. The van der Waals surface area contributed by atoms with Crippen molar-refractivity contribution in [3.05, 3.63) is 72.0 Å². The Kier molecular flexibility index (Phi) is 6.00. The molecule has 0 atom stereocenters. The number of aryl methyl sites for hydroxylation is 1. The molecule has 0 aliphatic heterocycles. The molecule has 1 aromatic heterocycles. The maximum atomic E-state index is 14.4. The van der Waals surface area contributed by atoms with Gasteiger partial charge in [-0.05, 0) is 24.3 Å². The molecule has 0 aliphatic rings. The predicted octanol–water partition coefficient (Wildman–Crippen LogP) is 5.22. The van der Waals surface area contributed by atoms with E-state index in [1.807, 2.05) is 5.32 Å². The zero-order valence-electron chi connectivity index (χ0n) is 14.7. The zero-order chi connectivity index (χ0) is 22.1. The van der Waals surface area contributed by atoms with Crippen LogP contribution in [0.15, 0.2) is 54.7 Å². The summed E-state index contributed by atoms with van der Waals surface area (Å²) in [7, 11) is 1.06. The van der Waals surface area contributed by atoms with Crippen molar-refractivity contribution in [2.45, 2.75) is 6.18 Å². The summed E-state index contributed by atoms with van der Waals surface area (Å²) in [5, 5.41) is 5.04. The SMILES string of the molecule is C=C/C(F)=C(\C(=C)F)C(=O)Nc1cc(F)c(-c2cc(C(F)(F)F)nn2C)c(F)c1. The molecule has 29 heavy (non-hydrogen) atoms. The van der Waals surface area contributed by atoms with Crippen LogP contribution in [-0.2, 0) is 18.0 Å². The van der Waals surface area contributed by atoms with Crippen LogP contribution < -0.4 is 5.32 Å². The van der Waals surface area contributed by atoms with Crippen molar-refractivity contribution in [2.75, 3.05) is 5.32 Å². The van der Waals surface area contributed by atoms with Gasteiger partial charge in [-0.2, -0.15) is 18.3 Å². The topological polar surface area (TPSA) is 46.9 Å². The van der Waals surface area contributed by atoms with Crippen LogP contribution in [0.5, 0.6) is 0 Å². The Bertz CT molecular complexity index is 1010. The van der Waals surface area contributed by atoms with E-state index in [9.17, 15) is 35.5 Å². The molecular formula is C18H12F7N3O. The highest BCUT2D eigenvalue weighted by molar-refractivity contribution is 6.07. The van der Waals surface area contributed by atoms with E-state index in [-0.39, 0.29) is 0 Å². The third-order valence-corrected chi connectivity index (χ3v) is 3.64. The summed E-state index contributed by atoms with van der Waals surface area (Å²) < 4.78 is 94.5. The van der Waals surface area contributed by atoms with Crippen LogP contribution >= 0.6 is 0 Å². The van der Waals surface area contributed by atoms with Crippen molar-refractivity contribution < 1.29 is 35.5 Å². The number of carbonyl (C=O) groups excluding carboxylic acids is 1. The lowest BCUT2D eigenvalue weighted by atomic mass is 10.1. The summed E-state index contributed by atoms with van der Waals surface area (Å²) in [6.07, 6.45) is -4.30. The van der Waals surface area contributed by atoms with Crippen LogP contribution in [0, 0.1) is 11.6 Å². The fraction of sp³-hybridized carbons (Fsp3) is 0.111. The molecule has 1 amide bonds. The molecule has 1 aromatic carbocycles. The van der Waals surface area contributed by atoms with Crippen molar-refractivity contribution in [3.8, 4) is 11.3 Å². The van der Waals surface area contributed by atoms with Crippen molar-refractivity contribution >= 4 is 11.6 Å². The fourth-order valence-electron chi connectivity index (χ4n) is 2.39. The van der Waals surface area contributed by atoms with Gasteiger partial charge in [-0.3, -0.25) is 9.48 Å². The van der Waals surface area contributed by atoms with Crippen LogP contribution in [-0.4, -0.2) is 15.7 Å². The van der Waals surface area contributed by atoms with Crippen LogP contribution in [0.4, 0.5) is 36.4 Å². The second-order valence-corrected chi connectivity index (χ2v) is 5.64. The number of anilines is 1. The zero-order valence-corrected chi connectivity index (χ0v) is 14.7. The first kappa shape index (κ1) is 21.9. The standard InChI is InChI=1S/C18H12F7N3O/c1-4-10(20)15(8(2)19)17(29)26-9-5-11(21)16(12(22)6-9)13-7-14(18(23,24)25)27-28(13)3/h4-7H,1-2H2,3H3,(H,26,29)/b15-10-. The highest BCUT2D eigenvalue weighted by Gasteiger charge is 2.35. The van der Waals surface area contributed by atoms with E-state index in [4.69, 9.17) is 0 Å². The molecule has 154 valence electrons. The van der Waals surface area contributed by atoms with Crippen molar-refractivity contribution in [2.24, 2.45) is 7.05 Å². The van der Waals surface area contributed by atoms with E-state index in [1.165, 1.54) is 0 Å². The predicted molar refractivity (Wildman–Crippen MR) is 90.8 cm³/mol. The summed E-state index contributed by atoms with van der Waals surface area (Å²) in [6, 6.07) is 1.59. The Morgan fingerprint density at radius 1 is 1.17 bits per heavy atom. The van der Waals surface area contributed by atoms with E-state index >= 15 is 0 Å². The Labute approximate surface area is 159 Å². The average Bonchev–Trinajstić information content (AvgIpc) is 2.95. The second-order valence-electron chi connectivity index (χ2n) is 5.64. The van der Waals surface area contributed by atoms with Crippen LogP contribution in [0.2, 0.25) is 0 Å². The summed E-state index contributed by atoms with van der Waals surface area (Å²) in [5.74, 6) is -6.90. The largest absolute Gasteiger partial charge is 0.435 e. The lowest BCUT2D eigenvalue weighted by Crippen LogP contribution is -2.16. The lowest BCUT2D eigenvalue weighted by Gasteiger charge is -2.11. The Morgan fingerprint density at radius 2 is 1.72 bits per heavy atom. The van der Waals surface area contributed by atoms with Crippen LogP contribution in [0.1, 0.15) is 5.69 Å². The molecule has 2 rings (SSSR count). The monoisotopic (exact) mass is 419 g/mol. The summed E-state index contributed by atoms with van der Waals surface area (Å²) in [5.41, 5.74) is -4.38. The molecule has 0 radical (unpaired) electrons. The average molecular weight is 419 g/mol. The minimum Gasteiger partial charge on any atom is -0.322 e. The van der Waals surface area contributed by atoms with Gasteiger partial charge in [-0.25, -0.2) is 17.6 Å². The first-order valence-corrected chi connectivity index (χ1v) is 7.65. The van der Waals surface area contributed by atoms with Gasteiger partial charge in [0, 0.05) is 12.7 Å². The van der Waals surface area contributed by atoms with Crippen molar-refractivity contribution in [3.63, 3.8) is 0 Å². The minimum absolute atomic E-state index is 0.452. The molecule has 0 bridgehead atoms. The molecule has 4 nitrogen and oxygen atoms in total. The van der Waals surface area contributed by atoms with Gasteiger partial charge < -0.3 is 5.32 Å². The van der Waals surface area contributed by atoms with Crippen LogP contribution in [0.3, 0.4) is 0 Å². The van der Waals surface area contributed by atoms with Gasteiger partial charge in [-0.1, -0.05) is 13.2 Å². The molecular weight excluding hydrogens is 407 g/mol. The second kappa shape index (κ2) is 7.94. The maximum absolute atomic E-state index is 14.4. The Balaban J connectivity index is 2.45. The normalized spacial score (nSPS) is 12.4. The van der Waals surface area contributed by atoms with Gasteiger partial charge in [0.1, 0.15) is 28.9 Å². The molecule has 11 heteroatoms. The number of nitrogens with zero attached hydrogens (tertiary/aromatic N) is 2. The minimum atomic E-state index is -4.83. The van der Waals surface area contributed by atoms with Gasteiger partial charge in [0.2, 0.25) is 0 Å². The van der Waals surface area contributed by atoms with Gasteiger partial charge in [0.05, 0.1) is 11.3 Å². The lowest BCUT2D eigenvalue weighted by molar-refractivity contribution is -0.141. The Hall–Kier alpha value is -3.37. The van der Waals surface area contributed by atoms with Gasteiger partial charge in [0.15, 0.2) is 5.69 Å². The summed E-state index contributed by atoms with van der Waals surface area (Å²) >= 11 is 0. The molecule has 2 aromatic rings. The number of carbonyl (C=O) groups is 1. The first-order valence-electron chi connectivity index (χ1n) is 7.65. The number of rotatable bonds is 5. The number of hydrogen-bond donors (Lipinski definition) is 1. The van der Waals surface area contributed by atoms with E-state index in [1.54, 1.807) is 0 Å². The molecule has 0 aliphatic carbocycles. The first-order chi connectivity index (χ1) is 13.4. The summed E-state index contributed by atoms with van der Waals surface area (Å²) in [4.78, 5) is 12.0. The van der Waals surface area contributed by atoms with E-state index < -0.39 is 63.6 Å². The van der Waals surface area contributed by atoms with E-state index in [0.717, 1.165) is 7.05 Å². The van der Waals surface area contributed by atoms with Crippen LogP contribution in [0.25, 0.3) is 11.3 Å². The van der Waals surface area contributed by atoms with Crippen molar-refractivity contribution in [1.29, 1.82) is 0 Å². The molecule has 0 spiro atoms. The number of halogens is 7. The fourth-order valence-corrected chi connectivity index (χ4v) is 2.39. The molecule has 1 N–H and O–H groups in total. The highest BCUT2D eigenvalue weighted by Crippen LogP contribution is 2.34. The molecule has 0 saturated carbocycles. The maximum Gasteiger partial charge on any atom is 0.435 e. The third kappa shape index (κ3) is 4.55. The molecule has 1 heterocycles. The van der Waals surface area contributed by atoms with Gasteiger partial charge in [-0.15, -0.1) is 0 Å². The Morgan fingerprint density at radius 3 is 2.14 bits per heavy atom. The number of benzene rings is 1. The number of nitrogens with one attached hydrogen (secondary N) is 1. The highest BCUT2D eigenvalue weighted by atomic mass is 19.4. The molecule has 0 saturated heterocycles. The summed E-state index contributed by atoms with van der Waals surface area (Å²) in [6.45, 7) is 5.81. The number of alkyl halides is 3. The van der Waals surface area contributed by atoms with Crippen molar-refractivity contribution in [1.82, 2.24) is 9.78 Å². The number of amides is 1. The molecule has 0 unspecified atom stereocenters. The van der Waals surface area contributed by atoms with Gasteiger partial charge >= 0.3 is 6.18 Å².